The number of ether oxygens (including phenoxy) is 2. The van der Waals surface area contributed by atoms with Crippen molar-refractivity contribution >= 4 is 23.4 Å². The van der Waals surface area contributed by atoms with Gasteiger partial charge in [0.1, 0.15) is 17.7 Å². The molecule has 0 bridgehead atoms. The number of para-hydroxylation sites is 1. The largest absolute Gasteiger partial charge is 0.473 e. The van der Waals surface area contributed by atoms with Crippen molar-refractivity contribution in [2.45, 2.75) is 36.5 Å². The molecule has 2 aromatic carbocycles. The van der Waals surface area contributed by atoms with Gasteiger partial charge in [0.15, 0.2) is 5.82 Å². The van der Waals surface area contributed by atoms with E-state index in [0.717, 1.165) is 30.5 Å². The SMILES string of the molecule is O=C(Nc1c(Cl)c(OC[C@H]2CNCCO2)nn1-c1ccccc1)N[C@@H]1c2ccccc2C2(CC2)[C@H]1O. The zero-order valence-electron chi connectivity index (χ0n) is 19.6. The monoisotopic (exact) mass is 509 g/mol. The average molecular weight is 510 g/mol. The number of rotatable bonds is 6. The highest BCUT2D eigenvalue weighted by molar-refractivity contribution is 6.34. The fourth-order valence-corrected chi connectivity index (χ4v) is 5.46. The van der Waals surface area contributed by atoms with Crippen LogP contribution in [0.25, 0.3) is 5.69 Å². The maximum atomic E-state index is 13.2. The van der Waals surface area contributed by atoms with Crippen LogP contribution in [0.3, 0.4) is 0 Å². The topological polar surface area (TPSA) is 110 Å². The maximum Gasteiger partial charge on any atom is 0.321 e. The predicted molar refractivity (Wildman–Crippen MR) is 135 cm³/mol. The molecule has 2 heterocycles. The van der Waals surface area contributed by atoms with E-state index < -0.39 is 18.2 Å². The van der Waals surface area contributed by atoms with Crippen molar-refractivity contribution < 1.29 is 19.4 Å². The Labute approximate surface area is 213 Å². The normalized spacial score (nSPS) is 23.8. The third kappa shape index (κ3) is 4.12. The summed E-state index contributed by atoms with van der Waals surface area (Å²) >= 11 is 6.67. The number of benzene rings is 2. The van der Waals surface area contributed by atoms with Gasteiger partial charge >= 0.3 is 6.03 Å². The summed E-state index contributed by atoms with van der Waals surface area (Å²) in [5, 5.41) is 24.9. The molecular formula is C26H28ClN5O4. The van der Waals surface area contributed by atoms with E-state index in [2.05, 4.69) is 21.0 Å². The first kappa shape index (κ1) is 23.3. The molecule has 1 saturated heterocycles. The highest BCUT2D eigenvalue weighted by Gasteiger charge is 2.59. The average Bonchev–Trinajstić information content (AvgIpc) is 3.63. The minimum absolute atomic E-state index is 0.116. The number of carbonyl (C=O) groups excluding carboxylic acids is 1. The second kappa shape index (κ2) is 9.40. The fraction of sp³-hybridized carbons (Fsp3) is 0.385. The van der Waals surface area contributed by atoms with Crippen LogP contribution in [0, 0.1) is 0 Å². The molecule has 1 aromatic heterocycles. The lowest BCUT2D eigenvalue weighted by molar-refractivity contribution is -0.000787. The number of urea groups is 1. The van der Waals surface area contributed by atoms with Crippen molar-refractivity contribution in [1.82, 2.24) is 20.4 Å². The van der Waals surface area contributed by atoms with Gasteiger partial charge in [-0.25, -0.2) is 9.48 Å². The van der Waals surface area contributed by atoms with Crippen LogP contribution >= 0.6 is 11.6 Å². The molecule has 9 nitrogen and oxygen atoms in total. The number of hydrogen-bond acceptors (Lipinski definition) is 6. The Balaban J connectivity index is 1.24. The quantitative estimate of drug-likeness (QED) is 0.406. The number of carbonyl (C=O) groups is 1. The minimum atomic E-state index is -0.682. The van der Waals surface area contributed by atoms with Crippen LogP contribution < -0.4 is 20.7 Å². The van der Waals surface area contributed by atoms with Gasteiger partial charge in [0, 0.05) is 18.5 Å². The third-order valence-corrected chi connectivity index (χ3v) is 7.57. The molecule has 3 aromatic rings. The van der Waals surface area contributed by atoms with Gasteiger partial charge in [-0.3, -0.25) is 5.32 Å². The molecule has 2 amide bonds. The van der Waals surface area contributed by atoms with Gasteiger partial charge in [0.2, 0.25) is 0 Å². The van der Waals surface area contributed by atoms with E-state index in [9.17, 15) is 9.90 Å². The Morgan fingerprint density at radius 2 is 2.00 bits per heavy atom. The van der Waals surface area contributed by atoms with Gasteiger partial charge in [0.05, 0.1) is 24.4 Å². The first-order valence-electron chi connectivity index (χ1n) is 12.2. The molecule has 2 fully saturated rings. The first-order chi connectivity index (χ1) is 17.6. The Bertz CT molecular complexity index is 1260. The van der Waals surface area contributed by atoms with Crippen LogP contribution in [0.5, 0.6) is 5.88 Å². The number of aromatic nitrogens is 2. The van der Waals surface area contributed by atoms with Crippen LogP contribution in [-0.2, 0) is 10.2 Å². The maximum absolute atomic E-state index is 13.2. The first-order valence-corrected chi connectivity index (χ1v) is 12.6. The fourth-order valence-electron chi connectivity index (χ4n) is 5.25. The predicted octanol–water partition coefficient (Wildman–Crippen LogP) is 3.16. The number of nitrogens with zero attached hydrogens (tertiary/aromatic N) is 2. The van der Waals surface area contributed by atoms with E-state index in [-0.39, 0.29) is 34.8 Å². The van der Waals surface area contributed by atoms with Crippen LogP contribution in [0.1, 0.15) is 30.0 Å². The van der Waals surface area contributed by atoms with Crippen molar-refractivity contribution in [2.75, 3.05) is 31.6 Å². The molecule has 4 N–H and O–H groups in total. The van der Waals surface area contributed by atoms with Gasteiger partial charge in [-0.05, 0) is 36.1 Å². The standard InChI is InChI=1S/C26H28ClN5O4/c27-20-23(30-25(34)29-21-18-8-4-5-9-19(18)26(10-11-26)22(21)33)32(16-6-2-1-3-7-16)31-24(20)36-15-17-14-28-12-13-35-17/h1-9,17,21-22,28,33H,10-15H2,(H2,29,30,34)/t17-,21-,22+/m1/s1. The molecule has 188 valence electrons. The molecule has 10 heteroatoms. The Morgan fingerprint density at radius 1 is 1.22 bits per heavy atom. The Morgan fingerprint density at radius 3 is 2.75 bits per heavy atom. The molecule has 1 saturated carbocycles. The number of amides is 2. The number of anilines is 1. The molecule has 2 aliphatic carbocycles. The van der Waals surface area contributed by atoms with Gasteiger partial charge < -0.3 is 25.2 Å². The van der Waals surface area contributed by atoms with Crippen molar-refractivity contribution in [3.05, 3.63) is 70.7 Å². The van der Waals surface area contributed by atoms with Crippen molar-refractivity contribution in [2.24, 2.45) is 0 Å². The zero-order chi connectivity index (χ0) is 24.7. The van der Waals surface area contributed by atoms with Gasteiger partial charge in [-0.1, -0.05) is 54.1 Å². The van der Waals surface area contributed by atoms with Crippen LogP contribution in [0.4, 0.5) is 10.6 Å². The number of aliphatic hydroxyl groups is 1. The summed E-state index contributed by atoms with van der Waals surface area (Å²) in [5.74, 6) is 0.480. The molecule has 0 unspecified atom stereocenters. The van der Waals surface area contributed by atoms with Crippen molar-refractivity contribution in [3.63, 3.8) is 0 Å². The van der Waals surface area contributed by atoms with E-state index >= 15 is 0 Å². The summed E-state index contributed by atoms with van der Waals surface area (Å²) in [6.45, 7) is 2.38. The number of aliphatic hydroxyl groups excluding tert-OH is 1. The lowest BCUT2D eigenvalue weighted by Gasteiger charge is -2.23. The van der Waals surface area contributed by atoms with Crippen LogP contribution in [0.15, 0.2) is 54.6 Å². The molecule has 6 rings (SSSR count). The van der Waals surface area contributed by atoms with E-state index in [1.807, 2.05) is 54.6 Å². The summed E-state index contributed by atoms with van der Waals surface area (Å²) in [6, 6.07) is 16.3. The Hall–Kier alpha value is -3.11. The number of halogens is 1. The molecule has 1 aliphatic heterocycles. The molecule has 1 spiro atoms. The number of morpholine rings is 1. The van der Waals surface area contributed by atoms with Crippen LogP contribution in [0.2, 0.25) is 5.02 Å². The number of nitrogens with one attached hydrogen (secondary N) is 3. The van der Waals surface area contributed by atoms with E-state index in [0.29, 0.717) is 18.8 Å². The lowest BCUT2D eigenvalue weighted by atomic mass is 9.97. The summed E-state index contributed by atoms with van der Waals surface area (Å²) < 4.78 is 13.1. The van der Waals surface area contributed by atoms with Gasteiger partial charge in [-0.2, -0.15) is 0 Å². The smallest absolute Gasteiger partial charge is 0.321 e. The number of hydrogen-bond donors (Lipinski definition) is 4. The molecule has 3 atom stereocenters. The van der Waals surface area contributed by atoms with Crippen molar-refractivity contribution in [1.29, 1.82) is 0 Å². The van der Waals surface area contributed by atoms with Crippen molar-refractivity contribution in [3.8, 4) is 11.6 Å². The molecule has 36 heavy (non-hydrogen) atoms. The van der Waals surface area contributed by atoms with E-state index in [1.165, 1.54) is 0 Å². The molecule has 3 aliphatic rings. The summed E-state index contributed by atoms with van der Waals surface area (Å²) in [5.41, 5.74) is 2.52. The van der Waals surface area contributed by atoms with Crippen LogP contribution in [-0.4, -0.2) is 59.4 Å². The highest BCUT2D eigenvalue weighted by Crippen LogP contribution is 2.59. The number of fused-ring (bicyclic) bond motifs is 2. The lowest BCUT2D eigenvalue weighted by Crippen LogP contribution is -2.41. The highest BCUT2D eigenvalue weighted by atomic mass is 35.5. The molecular weight excluding hydrogens is 482 g/mol. The van der Waals surface area contributed by atoms with Gasteiger partial charge in [-0.15, -0.1) is 5.10 Å². The molecule has 0 radical (unpaired) electrons. The van der Waals surface area contributed by atoms with E-state index in [1.54, 1.807) is 4.68 Å². The minimum Gasteiger partial charge on any atom is -0.473 e. The second-order valence-corrected chi connectivity index (χ2v) is 9.87. The third-order valence-electron chi connectivity index (χ3n) is 7.23. The zero-order valence-corrected chi connectivity index (χ0v) is 20.4. The summed E-state index contributed by atoms with van der Waals surface area (Å²) in [6.07, 6.45) is 1.03. The summed E-state index contributed by atoms with van der Waals surface area (Å²) in [7, 11) is 0. The van der Waals surface area contributed by atoms with Gasteiger partial charge in [0.25, 0.3) is 5.88 Å². The summed E-state index contributed by atoms with van der Waals surface area (Å²) in [4.78, 5) is 13.2. The Kier molecular flexibility index (Phi) is 6.08. The second-order valence-electron chi connectivity index (χ2n) is 9.49. The van der Waals surface area contributed by atoms with E-state index in [4.69, 9.17) is 21.1 Å².